The van der Waals surface area contributed by atoms with E-state index in [0.29, 0.717) is 17.0 Å². The van der Waals surface area contributed by atoms with Crippen LogP contribution in [0, 0.1) is 6.92 Å². The summed E-state index contributed by atoms with van der Waals surface area (Å²) < 4.78 is 0. The Hall–Kier alpha value is -2.82. The molecule has 0 aliphatic heterocycles. The quantitative estimate of drug-likeness (QED) is 0.460. The topological polar surface area (TPSA) is 81.9 Å². The summed E-state index contributed by atoms with van der Waals surface area (Å²) in [5, 5.41) is 24.4. The third-order valence-electron chi connectivity index (χ3n) is 3.19. The number of phenols is 1. The molecular weight excluding hydrogens is 268 g/mol. The number of phenolic OH excluding ortho intramolecular Hbond substituents is 1. The van der Waals surface area contributed by atoms with E-state index in [9.17, 15) is 9.90 Å². The van der Waals surface area contributed by atoms with E-state index in [2.05, 4.69) is 10.5 Å². The third-order valence-corrected chi connectivity index (χ3v) is 3.19. The monoisotopic (exact) mass is 284 g/mol. The highest BCUT2D eigenvalue weighted by Crippen LogP contribution is 2.22. The Morgan fingerprint density at radius 2 is 1.81 bits per heavy atom. The number of aryl methyl sites for hydroxylation is 1. The van der Waals surface area contributed by atoms with E-state index < -0.39 is 0 Å². The van der Waals surface area contributed by atoms with Crippen LogP contribution in [0.2, 0.25) is 0 Å². The molecule has 2 aromatic carbocycles. The van der Waals surface area contributed by atoms with Crippen LogP contribution in [0.3, 0.4) is 0 Å². The van der Waals surface area contributed by atoms with Gasteiger partial charge in [0.15, 0.2) is 0 Å². The van der Waals surface area contributed by atoms with Gasteiger partial charge in [0.05, 0.1) is 11.3 Å². The van der Waals surface area contributed by atoms with Gasteiger partial charge in [-0.1, -0.05) is 29.4 Å². The Morgan fingerprint density at radius 1 is 1.14 bits per heavy atom. The van der Waals surface area contributed by atoms with Crippen molar-refractivity contribution in [2.45, 2.75) is 13.8 Å². The number of para-hydroxylation sites is 1. The zero-order valence-electron chi connectivity index (χ0n) is 11.8. The van der Waals surface area contributed by atoms with Crippen LogP contribution in [0.5, 0.6) is 5.75 Å². The number of hydrogen-bond donors (Lipinski definition) is 3. The van der Waals surface area contributed by atoms with Crippen molar-refractivity contribution in [2.24, 2.45) is 5.16 Å². The van der Waals surface area contributed by atoms with E-state index in [-0.39, 0.29) is 17.2 Å². The molecule has 2 aromatic rings. The van der Waals surface area contributed by atoms with E-state index >= 15 is 0 Å². The fourth-order valence-corrected chi connectivity index (χ4v) is 1.89. The molecule has 0 saturated carbocycles. The molecule has 0 saturated heterocycles. The van der Waals surface area contributed by atoms with Gasteiger partial charge >= 0.3 is 0 Å². The van der Waals surface area contributed by atoms with Crippen molar-refractivity contribution in [3.63, 3.8) is 0 Å². The molecule has 0 aliphatic carbocycles. The second-order valence-electron chi connectivity index (χ2n) is 4.69. The van der Waals surface area contributed by atoms with Crippen LogP contribution in [0.15, 0.2) is 47.6 Å². The Kier molecular flexibility index (Phi) is 4.23. The van der Waals surface area contributed by atoms with Gasteiger partial charge in [-0.05, 0) is 43.2 Å². The first-order valence-electron chi connectivity index (χ1n) is 6.42. The molecule has 0 radical (unpaired) electrons. The zero-order chi connectivity index (χ0) is 15.4. The van der Waals surface area contributed by atoms with Crippen molar-refractivity contribution in [1.29, 1.82) is 0 Å². The summed E-state index contributed by atoms with van der Waals surface area (Å²) >= 11 is 0. The number of nitrogens with one attached hydrogen (secondary N) is 1. The van der Waals surface area contributed by atoms with Crippen LogP contribution < -0.4 is 5.32 Å². The number of anilines is 1. The summed E-state index contributed by atoms with van der Waals surface area (Å²) in [6.07, 6.45) is 0. The molecule has 0 aliphatic rings. The van der Waals surface area contributed by atoms with Crippen molar-refractivity contribution in [1.82, 2.24) is 0 Å². The van der Waals surface area contributed by atoms with Crippen molar-refractivity contribution in [2.75, 3.05) is 5.32 Å². The molecule has 5 nitrogen and oxygen atoms in total. The number of carbonyl (C=O) groups is 1. The second kappa shape index (κ2) is 6.09. The lowest BCUT2D eigenvalue weighted by Gasteiger charge is -2.09. The fourth-order valence-electron chi connectivity index (χ4n) is 1.89. The highest BCUT2D eigenvalue weighted by Gasteiger charge is 2.12. The van der Waals surface area contributed by atoms with Crippen LogP contribution in [0.25, 0.3) is 0 Å². The third kappa shape index (κ3) is 3.20. The summed E-state index contributed by atoms with van der Waals surface area (Å²) in [7, 11) is 0. The molecule has 0 bridgehead atoms. The Balaban J connectivity index is 2.18. The summed E-state index contributed by atoms with van der Waals surface area (Å²) in [5.74, 6) is -0.397. The van der Waals surface area contributed by atoms with Gasteiger partial charge in [-0.15, -0.1) is 0 Å². The number of rotatable bonds is 3. The van der Waals surface area contributed by atoms with E-state index in [4.69, 9.17) is 5.21 Å². The molecule has 2 rings (SSSR count). The minimum atomic E-state index is -0.378. The Bertz CT molecular complexity index is 691. The second-order valence-corrected chi connectivity index (χ2v) is 4.69. The highest BCUT2D eigenvalue weighted by atomic mass is 16.4. The van der Waals surface area contributed by atoms with Gasteiger partial charge in [-0.25, -0.2) is 0 Å². The maximum atomic E-state index is 12.1. The van der Waals surface area contributed by atoms with Gasteiger partial charge in [-0.3, -0.25) is 4.79 Å². The van der Waals surface area contributed by atoms with Crippen molar-refractivity contribution >= 4 is 17.3 Å². The molecule has 0 fully saturated rings. The fraction of sp³-hybridized carbons (Fsp3) is 0.125. The SMILES string of the molecule is C/C(=N\O)c1ccc(NC(=O)c2cccc(C)c2O)cc1. The van der Waals surface area contributed by atoms with E-state index in [1.807, 2.05) is 0 Å². The molecule has 5 heteroatoms. The molecule has 3 N–H and O–H groups in total. The first-order valence-corrected chi connectivity index (χ1v) is 6.42. The number of benzene rings is 2. The van der Waals surface area contributed by atoms with Gasteiger partial charge in [0, 0.05) is 5.69 Å². The van der Waals surface area contributed by atoms with Crippen LogP contribution in [0.1, 0.15) is 28.4 Å². The van der Waals surface area contributed by atoms with E-state index in [0.717, 1.165) is 5.56 Å². The lowest BCUT2D eigenvalue weighted by molar-refractivity contribution is 0.102. The van der Waals surface area contributed by atoms with E-state index in [1.165, 1.54) is 0 Å². The zero-order valence-corrected chi connectivity index (χ0v) is 11.8. The lowest BCUT2D eigenvalue weighted by atomic mass is 10.1. The van der Waals surface area contributed by atoms with Crippen molar-refractivity contribution in [3.05, 3.63) is 59.2 Å². The summed E-state index contributed by atoms with van der Waals surface area (Å²) in [4.78, 5) is 12.1. The molecule has 0 atom stereocenters. The molecular formula is C16H16N2O3. The van der Waals surface area contributed by atoms with Crippen molar-refractivity contribution in [3.8, 4) is 5.75 Å². The molecule has 0 aromatic heterocycles. The van der Waals surface area contributed by atoms with Crippen LogP contribution in [-0.2, 0) is 0 Å². The molecule has 21 heavy (non-hydrogen) atoms. The largest absolute Gasteiger partial charge is 0.507 e. The number of nitrogens with zero attached hydrogens (tertiary/aromatic N) is 1. The predicted octanol–water partition coefficient (Wildman–Crippen LogP) is 3.15. The van der Waals surface area contributed by atoms with Crippen molar-refractivity contribution < 1.29 is 15.1 Å². The minimum Gasteiger partial charge on any atom is -0.507 e. The number of hydrogen-bond acceptors (Lipinski definition) is 4. The van der Waals surface area contributed by atoms with Crippen LogP contribution in [0.4, 0.5) is 5.69 Å². The first kappa shape index (κ1) is 14.6. The van der Waals surface area contributed by atoms with Gasteiger partial charge < -0.3 is 15.6 Å². The van der Waals surface area contributed by atoms with Crippen LogP contribution >= 0.6 is 0 Å². The average molecular weight is 284 g/mol. The Morgan fingerprint density at radius 3 is 2.43 bits per heavy atom. The maximum Gasteiger partial charge on any atom is 0.259 e. The maximum absolute atomic E-state index is 12.1. The summed E-state index contributed by atoms with van der Waals surface area (Å²) in [5.41, 5.74) is 2.72. The molecule has 0 spiro atoms. The van der Waals surface area contributed by atoms with Gasteiger partial charge in [0.2, 0.25) is 0 Å². The van der Waals surface area contributed by atoms with Gasteiger partial charge in [0.1, 0.15) is 5.75 Å². The van der Waals surface area contributed by atoms with Gasteiger partial charge in [0.25, 0.3) is 5.91 Å². The Labute approximate surface area is 122 Å². The standard InChI is InChI=1S/C16H16N2O3/c1-10-4-3-5-14(15(10)19)16(20)17-13-8-6-12(7-9-13)11(2)18-21/h3-9,19,21H,1-2H3,(H,17,20)/b18-11+. The lowest BCUT2D eigenvalue weighted by Crippen LogP contribution is -2.12. The van der Waals surface area contributed by atoms with Gasteiger partial charge in [-0.2, -0.15) is 0 Å². The minimum absolute atomic E-state index is 0.0186. The van der Waals surface area contributed by atoms with Crippen LogP contribution in [-0.4, -0.2) is 21.9 Å². The number of oxime groups is 1. The summed E-state index contributed by atoms with van der Waals surface area (Å²) in [6.45, 7) is 3.41. The number of carbonyl (C=O) groups excluding carboxylic acids is 1. The molecule has 108 valence electrons. The normalized spacial score (nSPS) is 11.2. The molecule has 0 heterocycles. The summed E-state index contributed by atoms with van der Waals surface area (Å²) in [6, 6.07) is 11.9. The average Bonchev–Trinajstić information content (AvgIpc) is 2.50. The first-order chi connectivity index (χ1) is 10.0. The smallest absolute Gasteiger partial charge is 0.259 e. The highest BCUT2D eigenvalue weighted by molar-refractivity contribution is 6.06. The number of aromatic hydroxyl groups is 1. The molecule has 0 unspecified atom stereocenters. The molecule has 1 amide bonds. The number of amides is 1. The predicted molar refractivity (Wildman–Crippen MR) is 81.2 cm³/mol. The van der Waals surface area contributed by atoms with E-state index in [1.54, 1.807) is 56.3 Å².